The van der Waals surface area contributed by atoms with E-state index in [1.54, 1.807) is 33.4 Å². The molecule has 4 nitrogen and oxygen atoms in total. The smallest absolute Gasteiger partial charge is 0.161 e. The van der Waals surface area contributed by atoms with E-state index in [0.717, 1.165) is 10.0 Å². The van der Waals surface area contributed by atoms with E-state index in [-0.39, 0.29) is 0 Å². The van der Waals surface area contributed by atoms with E-state index in [0.29, 0.717) is 18.0 Å². The van der Waals surface area contributed by atoms with Gasteiger partial charge in [0.1, 0.15) is 0 Å². The van der Waals surface area contributed by atoms with Gasteiger partial charge in [-0.25, -0.2) is 0 Å². The first-order valence-electron chi connectivity index (χ1n) is 4.88. The molecule has 0 aliphatic carbocycles. The molecule has 1 aromatic rings. The number of aliphatic hydroxyl groups is 1. The van der Waals surface area contributed by atoms with Gasteiger partial charge in [-0.1, -0.05) is 15.9 Å². The molecule has 1 unspecified atom stereocenters. The van der Waals surface area contributed by atoms with Crippen LogP contribution in [-0.4, -0.2) is 32.9 Å². The molecule has 0 bridgehead atoms. The Labute approximate surface area is 104 Å². The van der Waals surface area contributed by atoms with Crippen molar-refractivity contribution in [3.05, 3.63) is 22.2 Å². The molecular weight excluding hydrogens is 274 g/mol. The first kappa shape index (κ1) is 13.3. The molecule has 0 radical (unpaired) electrons. The molecule has 5 heteroatoms. The number of methoxy groups -OCH3 is 2. The van der Waals surface area contributed by atoms with Crippen LogP contribution >= 0.6 is 15.9 Å². The SMILES string of the molecule is CNCC(O)c1cc(OC)c(OC)cc1Br. The fraction of sp³-hybridized carbons (Fsp3) is 0.455. The Morgan fingerprint density at radius 3 is 2.38 bits per heavy atom. The Balaban J connectivity index is 3.10. The standard InChI is InChI=1S/C11H16BrNO3/c1-13-6-9(14)7-4-10(15-2)11(16-3)5-8(7)12/h4-5,9,13-14H,6H2,1-3H3. The first-order chi connectivity index (χ1) is 7.63. The average Bonchev–Trinajstić information content (AvgIpc) is 2.28. The van der Waals surface area contributed by atoms with E-state index < -0.39 is 6.10 Å². The molecule has 90 valence electrons. The van der Waals surface area contributed by atoms with E-state index in [1.165, 1.54) is 0 Å². The molecule has 16 heavy (non-hydrogen) atoms. The summed E-state index contributed by atoms with van der Waals surface area (Å²) in [5.41, 5.74) is 0.770. The number of benzene rings is 1. The highest BCUT2D eigenvalue weighted by atomic mass is 79.9. The maximum Gasteiger partial charge on any atom is 0.161 e. The van der Waals surface area contributed by atoms with Crippen LogP contribution in [0.1, 0.15) is 11.7 Å². The average molecular weight is 290 g/mol. The van der Waals surface area contributed by atoms with Crippen molar-refractivity contribution in [1.29, 1.82) is 0 Å². The zero-order chi connectivity index (χ0) is 12.1. The van der Waals surface area contributed by atoms with Crippen LogP contribution < -0.4 is 14.8 Å². The molecule has 0 amide bonds. The summed E-state index contributed by atoms with van der Waals surface area (Å²) in [4.78, 5) is 0. The van der Waals surface area contributed by atoms with Crippen molar-refractivity contribution in [3.63, 3.8) is 0 Å². The highest BCUT2D eigenvalue weighted by molar-refractivity contribution is 9.10. The molecule has 0 heterocycles. The number of hydrogen-bond donors (Lipinski definition) is 2. The van der Waals surface area contributed by atoms with Gasteiger partial charge in [-0.15, -0.1) is 0 Å². The topological polar surface area (TPSA) is 50.7 Å². The van der Waals surface area contributed by atoms with Crippen LogP contribution in [0.15, 0.2) is 16.6 Å². The molecule has 0 fully saturated rings. The minimum atomic E-state index is -0.584. The zero-order valence-corrected chi connectivity index (χ0v) is 11.2. The van der Waals surface area contributed by atoms with Crippen LogP contribution in [0, 0.1) is 0 Å². The van der Waals surface area contributed by atoms with Crippen molar-refractivity contribution in [2.75, 3.05) is 27.8 Å². The van der Waals surface area contributed by atoms with E-state index in [2.05, 4.69) is 21.2 Å². The van der Waals surface area contributed by atoms with E-state index in [9.17, 15) is 5.11 Å². The third kappa shape index (κ3) is 2.87. The number of hydrogen-bond acceptors (Lipinski definition) is 4. The summed E-state index contributed by atoms with van der Waals surface area (Å²) in [7, 11) is 4.94. The Morgan fingerprint density at radius 2 is 1.88 bits per heavy atom. The van der Waals surface area contributed by atoms with Gasteiger partial charge in [0.25, 0.3) is 0 Å². The van der Waals surface area contributed by atoms with Crippen molar-refractivity contribution in [2.24, 2.45) is 0 Å². The summed E-state index contributed by atoms with van der Waals surface area (Å²) in [6.07, 6.45) is -0.584. The third-order valence-corrected chi connectivity index (χ3v) is 2.95. The lowest BCUT2D eigenvalue weighted by Crippen LogP contribution is -2.17. The van der Waals surface area contributed by atoms with Gasteiger partial charge in [-0.05, 0) is 24.7 Å². The second-order valence-corrected chi connectivity index (χ2v) is 4.16. The molecule has 0 saturated carbocycles. The second-order valence-electron chi connectivity index (χ2n) is 3.30. The zero-order valence-electron chi connectivity index (χ0n) is 9.58. The van der Waals surface area contributed by atoms with Crippen LogP contribution in [0.4, 0.5) is 0 Å². The second kappa shape index (κ2) is 6.08. The predicted octanol–water partition coefficient (Wildman–Crippen LogP) is 1.72. The monoisotopic (exact) mass is 289 g/mol. The quantitative estimate of drug-likeness (QED) is 0.867. The van der Waals surface area contributed by atoms with Crippen molar-refractivity contribution >= 4 is 15.9 Å². The number of nitrogens with one attached hydrogen (secondary N) is 1. The maximum absolute atomic E-state index is 9.90. The van der Waals surface area contributed by atoms with Crippen molar-refractivity contribution in [1.82, 2.24) is 5.32 Å². The summed E-state index contributed by atoms with van der Waals surface area (Å²) < 4.78 is 11.1. The summed E-state index contributed by atoms with van der Waals surface area (Å²) in [5.74, 6) is 1.24. The molecule has 0 aliphatic heterocycles. The lowest BCUT2D eigenvalue weighted by molar-refractivity contribution is 0.176. The number of aliphatic hydroxyl groups excluding tert-OH is 1. The van der Waals surface area contributed by atoms with E-state index in [4.69, 9.17) is 9.47 Å². The Morgan fingerprint density at radius 1 is 1.31 bits per heavy atom. The minimum Gasteiger partial charge on any atom is -0.493 e. The molecule has 2 N–H and O–H groups in total. The number of ether oxygens (including phenoxy) is 2. The first-order valence-corrected chi connectivity index (χ1v) is 5.67. The van der Waals surface area contributed by atoms with Crippen molar-refractivity contribution in [2.45, 2.75) is 6.10 Å². The molecule has 1 rings (SSSR count). The molecule has 0 aliphatic rings. The van der Waals surface area contributed by atoms with Gasteiger partial charge in [0, 0.05) is 11.0 Å². The van der Waals surface area contributed by atoms with Gasteiger partial charge < -0.3 is 19.9 Å². The molecule has 0 saturated heterocycles. The van der Waals surface area contributed by atoms with Crippen LogP contribution in [-0.2, 0) is 0 Å². The normalized spacial score (nSPS) is 12.3. The summed E-state index contributed by atoms with van der Waals surface area (Å²) in [5, 5.41) is 12.8. The summed E-state index contributed by atoms with van der Waals surface area (Å²) >= 11 is 3.40. The van der Waals surface area contributed by atoms with Gasteiger partial charge in [-0.3, -0.25) is 0 Å². The van der Waals surface area contributed by atoms with Gasteiger partial charge in [0.05, 0.1) is 20.3 Å². The van der Waals surface area contributed by atoms with E-state index in [1.807, 2.05) is 0 Å². The van der Waals surface area contributed by atoms with Gasteiger partial charge in [-0.2, -0.15) is 0 Å². The molecule has 0 aromatic heterocycles. The predicted molar refractivity (Wildman–Crippen MR) is 66.1 cm³/mol. The van der Waals surface area contributed by atoms with Gasteiger partial charge in [0.15, 0.2) is 11.5 Å². The third-order valence-electron chi connectivity index (χ3n) is 2.26. The van der Waals surface area contributed by atoms with Crippen LogP contribution in [0.25, 0.3) is 0 Å². The van der Waals surface area contributed by atoms with Gasteiger partial charge >= 0.3 is 0 Å². The Hall–Kier alpha value is -0.780. The Kier molecular flexibility index (Phi) is 5.05. The van der Waals surface area contributed by atoms with E-state index >= 15 is 0 Å². The molecule has 1 aromatic carbocycles. The Bertz CT molecular complexity index is 357. The number of halogens is 1. The lowest BCUT2D eigenvalue weighted by atomic mass is 10.1. The van der Waals surface area contributed by atoms with Crippen LogP contribution in [0.5, 0.6) is 11.5 Å². The van der Waals surface area contributed by atoms with Crippen LogP contribution in [0.2, 0.25) is 0 Å². The molecular formula is C11H16BrNO3. The highest BCUT2D eigenvalue weighted by Gasteiger charge is 2.15. The number of rotatable bonds is 5. The van der Waals surface area contributed by atoms with Crippen molar-refractivity contribution in [3.8, 4) is 11.5 Å². The minimum absolute atomic E-state index is 0.480. The maximum atomic E-state index is 9.90. The molecule has 1 atom stereocenters. The fourth-order valence-electron chi connectivity index (χ4n) is 1.43. The molecule has 0 spiro atoms. The fourth-order valence-corrected chi connectivity index (χ4v) is 2.02. The lowest BCUT2D eigenvalue weighted by Gasteiger charge is -2.15. The number of likely N-dealkylation sites (N-methyl/N-ethyl adjacent to an activating group) is 1. The van der Waals surface area contributed by atoms with Gasteiger partial charge in [0.2, 0.25) is 0 Å². The largest absolute Gasteiger partial charge is 0.493 e. The van der Waals surface area contributed by atoms with Crippen molar-refractivity contribution < 1.29 is 14.6 Å². The summed E-state index contributed by atoms with van der Waals surface area (Å²) in [6, 6.07) is 3.55. The highest BCUT2D eigenvalue weighted by Crippen LogP contribution is 2.35. The van der Waals surface area contributed by atoms with Crippen LogP contribution in [0.3, 0.4) is 0 Å². The summed E-state index contributed by atoms with van der Waals surface area (Å²) in [6.45, 7) is 0.480.